The highest BCUT2D eigenvalue weighted by Gasteiger charge is 2.06. The van der Waals surface area contributed by atoms with Crippen molar-refractivity contribution in [3.8, 4) is 11.5 Å². The Morgan fingerprint density at radius 1 is 1.32 bits per heavy atom. The van der Waals surface area contributed by atoms with Crippen molar-refractivity contribution < 1.29 is 9.47 Å². The fourth-order valence-electron chi connectivity index (χ4n) is 1.68. The van der Waals surface area contributed by atoms with Gasteiger partial charge in [-0.15, -0.1) is 24.0 Å². The molecule has 0 saturated carbocycles. The summed E-state index contributed by atoms with van der Waals surface area (Å²) in [6.07, 6.45) is 2.11. The van der Waals surface area contributed by atoms with E-state index in [1.165, 1.54) is 0 Å². The summed E-state index contributed by atoms with van der Waals surface area (Å²) in [7, 11) is 3.41. The highest BCUT2D eigenvalue weighted by atomic mass is 127. The zero-order valence-corrected chi connectivity index (χ0v) is 16.7. The lowest BCUT2D eigenvalue weighted by Crippen LogP contribution is -2.42. The summed E-state index contributed by atoms with van der Waals surface area (Å²) in [6, 6.07) is 7.61. The normalized spacial score (nSPS) is 12.1. The number of nitrogens with one attached hydrogen (secondary N) is 2. The number of halogens is 1. The van der Waals surface area contributed by atoms with Crippen LogP contribution in [0.4, 0.5) is 0 Å². The maximum atomic E-state index is 5.85. The van der Waals surface area contributed by atoms with Gasteiger partial charge in [0.15, 0.2) is 5.96 Å². The molecular weight excluding hydrogens is 413 g/mol. The van der Waals surface area contributed by atoms with Crippen LogP contribution in [0.15, 0.2) is 29.3 Å². The summed E-state index contributed by atoms with van der Waals surface area (Å²) in [5, 5.41) is 6.50. The minimum absolute atomic E-state index is 0. The van der Waals surface area contributed by atoms with E-state index >= 15 is 0 Å². The predicted octanol–water partition coefficient (Wildman–Crippen LogP) is 2.61. The van der Waals surface area contributed by atoms with Crippen molar-refractivity contribution >= 4 is 41.7 Å². The van der Waals surface area contributed by atoms with E-state index in [4.69, 9.17) is 9.47 Å². The van der Waals surface area contributed by atoms with Crippen molar-refractivity contribution in [2.75, 3.05) is 39.3 Å². The van der Waals surface area contributed by atoms with Crippen LogP contribution in [0.2, 0.25) is 0 Å². The van der Waals surface area contributed by atoms with Gasteiger partial charge in [-0.2, -0.15) is 11.8 Å². The van der Waals surface area contributed by atoms with Gasteiger partial charge in [-0.3, -0.25) is 4.99 Å². The van der Waals surface area contributed by atoms with Gasteiger partial charge in [0.1, 0.15) is 17.6 Å². The number of nitrogens with zero attached hydrogens (tertiary/aromatic N) is 1. The highest BCUT2D eigenvalue weighted by molar-refractivity contribution is 14.0. The molecule has 1 unspecified atom stereocenters. The molecule has 2 N–H and O–H groups in total. The van der Waals surface area contributed by atoms with E-state index in [0.717, 1.165) is 29.8 Å². The van der Waals surface area contributed by atoms with E-state index in [0.29, 0.717) is 6.54 Å². The Labute approximate surface area is 154 Å². The third-order valence-electron chi connectivity index (χ3n) is 2.76. The van der Waals surface area contributed by atoms with Crippen LogP contribution in [0.5, 0.6) is 11.5 Å². The lowest BCUT2D eigenvalue weighted by molar-refractivity contribution is 0.223. The molecule has 0 heterocycles. The molecule has 0 amide bonds. The first-order valence-electron chi connectivity index (χ1n) is 6.93. The van der Waals surface area contributed by atoms with Crippen LogP contribution in [-0.2, 0) is 0 Å². The Morgan fingerprint density at radius 3 is 2.68 bits per heavy atom. The monoisotopic (exact) mass is 439 g/mol. The molecule has 7 heteroatoms. The summed E-state index contributed by atoms with van der Waals surface area (Å²) in [5.41, 5.74) is 0. The van der Waals surface area contributed by atoms with Gasteiger partial charge in [0.05, 0.1) is 13.7 Å². The second-order valence-electron chi connectivity index (χ2n) is 4.48. The maximum Gasteiger partial charge on any atom is 0.191 e. The van der Waals surface area contributed by atoms with Gasteiger partial charge < -0.3 is 20.1 Å². The maximum absolute atomic E-state index is 5.85. The number of thioether (sulfide) groups is 1. The van der Waals surface area contributed by atoms with Gasteiger partial charge in [-0.25, -0.2) is 0 Å². The van der Waals surface area contributed by atoms with Crippen LogP contribution in [-0.4, -0.2) is 51.3 Å². The second kappa shape index (κ2) is 12.7. The Bertz CT molecular complexity index is 447. The van der Waals surface area contributed by atoms with Crippen LogP contribution in [0.3, 0.4) is 0 Å². The fraction of sp³-hybridized carbons (Fsp3) is 0.533. The standard InChI is InChI=1S/C15H25N3O2S.HI/c1-12(11-18-15(16-2)17-8-9-21-4)20-14-7-5-6-13(10-14)19-3;/h5-7,10,12H,8-9,11H2,1-4H3,(H2,16,17,18);1H. The zero-order chi connectivity index (χ0) is 15.5. The smallest absolute Gasteiger partial charge is 0.191 e. The number of guanidine groups is 1. The molecule has 0 spiro atoms. The van der Waals surface area contributed by atoms with E-state index in [1.807, 2.05) is 31.2 Å². The van der Waals surface area contributed by atoms with Crippen LogP contribution >= 0.6 is 35.7 Å². The molecule has 126 valence electrons. The van der Waals surface area contributed by atoms with Crippen molar-refractivity contribution in [3.63, 3.8) is 0 Å². The van der Waals surface area contributed by atoms with E-state index in [-0.39, 0.29) is 30.1 Å². The fourth-order valence-corrected chi connectivity index (χ4v) is 1.99. The molecule has 1 aromatic rings. The topological polar surface area (TPSA) is 54.9 Å². The summed E-state index contributed by atoms with van der Waals surface area (Å²) >= 11 is 1.80. The first kappa shape index (κ1) is 21.2. The van der Waals surface area contributed by atoms with E-state index < -0.39 is 0 Å². The van der Waals surface area contributed by atoms with Crippen LogP contribution < -0.4 is 20.1 Å². The molecule has 0 aromatic heterocycles. The van der Waals surface area contributed by atoms with Crippen molar-refractivity contribution in [2.24, 2.45) is 4.99 Å². The number of methoxy groups -OCH3 is 1. The Morgan fingerprint density at radius 2 is 2.05 bits per heavy atom. The largest absolute Gasteiger partial charge is 0.497 e. The first-order valence-corrected chi connectivity index (χ1v) is 8.33. The highest BCUT2D eigenvalue weighted by Crippen LogP contribution is 2.19. The van der Waals surface area contributed by atoms with Gasteiger partial charge in [0.2, 0.25) is 0 Å². The quantitative estimate of drug-likeness (QED) is 0.282. The van der Waals surface area contributed by atoms with E-state index in [2.05, 4.69) is 21.9 Å². The Hall–Kier alpha value is -0.830. The average molecular weight is 439 g/mol. The number of hydrogen-bond donors (Lipinski definition) is 2. The van der Waals surface area contributed by atoms with Gasteiger partial charge in [-0.1, -0.05) is 6.07 Å². The third kappa shape index (κ3) is 8.57. The van der Waals surface area contributed by atoms with Crippen molar-refractivity contribution in [1.29, 1.82) is 0 Å². The second-order valence-corrected chi connectivity index (χ2v) is 5.47. The minimum atomic E-state index is 0. The van der Waals surface area contributed by atoms with Gasteiger partial charge in [0.25, 0.3) is 0 Å². The molecule has 0 bridgehead atoms. The third-order valence-corrected chi connectivity index (χ3v) is 3.37. The molecule has 1 rings (SSSR count). The summed E-state index contributed by atoms with van der Waals surface area (Å²) < 4.78 is 11.0. The van der Waals surface area contributed by atoms with Crippen LogP contribution in [0.1, 0.15) is 6.92 Å². The van der Waals surface area contributed by atoms with Gasteiger partial charge in [-0.05, 0) is 25.3 Å². The average Bonchev–Trinajstić information content (AvgIpc) is 2.51. The zero-order valence-electron chi connectivity index (χ0n) is 13.6. The lowest BCUT2D eigenvalue weighted by atomic mass is 10.3. The number of aliphatic imine (C=N–C) groups is 1. The number of ether oxygens (including phenoxy) is 2. The van der Waals surface area contributed by atoms with E-state index in [1.54, 1.807) is 25.9 Å². The molecule has 1 atom stereocenters. The predicted molar refractivity (Wildman–Crippen MR) is 106 cm³/mol. The molecule has 0 aliphatic heterocycles. The van der Waals surface area contributed by atoms with Crippen LogP contribution in [0, 0.1) is 0 Å². The molecule has 0 aliphatic carbocycles. The molecule has 1 aromatic carbocycles. The SMILES string of the molecule is CN=C(NCCSC)NCC(C)Oc1cccc(OC)c1.I. The molecule has 0 aliphatic rings. The van der Waals surface area contributed by atoms with Gasteiger partial charge >= 0.3 is 0 Å². The van der Waals surface area contributed by atoms with Crippen molar-refractivity contribution in [3.05, 3.63) is 24.3 Å². The molecule has 0 saturated heterocycles. The summed E-state index contributed by atoms with van der Waals surface area (Å²) in [4.78, 5) is 4.18. The Balaban J connectivity index is 0.00000441. The van der Waals surface area contributed by atoms with Crippen molar-refractivity contribution in [1.82, 2.24) is 10.6 Å². The number of rotatable bonds is 8. The molecule has 5 nitrogen and oxygen atoms in total. The minimum Gasteiger partial charge on any atom is -0.497 e. The van der Waals surface area contributed by atoms with Crippen LogP contribution in [0.25, 0.3) is 0 Å². The first-order chi connectivity index (χ1) is 10.2. The van der Waals surface area contributed by atoms with E-state index in [9.17, 15) is 0 Å². The Kier molecular flexibility index (Phi) is 12.2. The molecule has 0 fully saturated rings. The number of benzene rings is 1. The van der Waals surface area contributed by atoms with Gasteiger partial charge in [0, 0.05) is 25.4 Å². The number of hydrogen-bond acceptors (Lipinski definition) is 4. The molecule has 0 radical (unpaired) electrons. The molecule has 22 heavy (non-hydrogen) atoms. The summed E-state index contributed by atoms with van der Waals surface area (Å²) in [5.74, 6) is 3.44. The van der Waals surface area contributed by atoms with Crippen molar-refractivity contribution in [2.45, 2.75) is 13.0 Å². The molecular formula is C15H26IN3O2S. The lowest BCUT2D eigenvalue weighted by Gasteiger charge is -2.18. The summed E-state index contributed by atoms with van der Waals surface area (Å²) in [6.45, 7) is 3.59.